The van der Waals surface area contributed by atoms with E-state index < -0.39 is 0 Å². The zero-order chi connectivity index (χ0) is 15.5. The third-order valence-corrected chi connectivity index (χ3v) is 4.29. The maximum absolute atomic E-state index is 10.2. The third-order valence-electron chi connectivity index (χ3n) is 3.35. The predicted molar refractivity (Wildman–Crippen MR) is 87.5 cm³/mol. The van der Waals surface area contributed by atoms with Crippen LogP contribution in [0.1, 0.15) is 43.9 Å². The Morgan fingerprint density at radius 3 is 2.71 bits per heavy atom. The van der Waals surface area contributed by atoms with Crippen molar-refractivity contribution < 1.29 is 5.11 Å². The third kappa shape index (κ3) is 4.66. The molecule has 2 aromatic heterocycles. The van der Waals surface area contributed by atoms with Crippen molar-refractivity contribution >= 4 is 11.3 Å². The fraction of sp³-hybridized carbons (Fsp3) is 0.562. The summed E-state index contributed by atoms with van der Waals surface area (Å²) in [4.78, 5) is 5.67. The van der Waals surface area contributed by atoms with Gasteiger partial charge in [-0.15, -0.1) is 11.3 Å². The molecule has 0 amide bonds. The lowest BCUT2D eigenvalue weighted by atomic mass is 9.89. The second kappa shape index (κ2) is 6.73. The molecule has 4 nitrogen and oxygen atoms in total. The number of aliphatic hydroxyl groups excluding tert-OH is 1. The van der Waals surface area contributed by atoms with Gasteiger partial charge in [0.2, 0.25) is 0 Å². The van der Waals surface area contributed by atoms with E-state index >= 15 is 0 Å². The van der Waals surface area contributed by atoms with Crippen LogP contribution in [0, 0.1) is 5.41 Å². The zero-order valence-corrected chi connectivity index (χ0v) is 14.0. The van der Waals surface area contributed by atoms with Crippen LogP contribution in [0.25, 0.3) is 0 Å². The summed E-state index contributed by atoms with van der Waals surface area (Å²) in [5, 5.41) is 15.7. The van der Waals surface area contributed by atoms with Gasteiger partial charge in [0, 0.05) is 30.9 Å². The normalized spacial score (nSPS) is 15.1. The molecule has 2 heterocycles. The summed E-state index contributed by atoms with van der Waals surface area (Å²) in [5.74, 6) is 0.973. The predicted octanol–water partition coefficient (Wildman–Crippen LogP) is 2.96. The molecule has 116 valence electrons. The average Bonchev–Trinajstić information content (AvgIpc) is 3.00. The van der Waals surface area contributed by atoms with Gasteiger partial charge in [0.15, 0.2) is 0 Å². The van der Waals surface area contributed by atoms with Gasteiger partial charge in [0.05, 0.1) is 6.10 Å². The van der Waals surface area contributed by atoms with Gasteiger partial charge in [0.25, 0.3) is 0 Å². The minimum Gasteiger partial charge on any atom is -0.392 e. The summed E-state index contributed by atoms with van der Waals surface area (Å²) < 4.78 is 2.02. The van der Waals surface area contributed by atoms with Crippen molar-refractivity contribution in [1.29, 1.82) is 0 Å². The zero-order valence-electron chi connectivity index (χ0n) is 13.2. The number of thiophene rings is 1. The Balaban J connectivity index is 2.06. The van der Waals surface area contributed by atoms with Crippen molar-refractivity contribution in [2.45, 2.75) is 39.3 Å². The molecule has 0 aliphatic rings. The van der Waals surface area contributed by atoms with Crippen molar-refractivity contribution in [3.8, 4) is 0 Å². The molecule has 5 heteroatoms. The van der Waals surface area contributed by atoms with Crippen molar-refractivity contribution in [3.05, 3.63) is 40.6 Å². The van der Waals surface area contributed by atoms with E-state index in [1.165, 1.54) is 4.88 Å². The number of rotatable bonds is 6. The molecule has 0 saturated carbocycles. The molecule has 2 N–H and O–H groups in total. The fourth-order valence-corrected chi connectivity index (χ4v) is 3.26. The first kappa shape index (κ1) is 16.2. The average molecular weight is 307 g/mol. The Kier molecular flexibility index (Phi) is 5.19. The molecule has 2 rings (SSSR count). The Hall–Kier alpha value is -1.17. The van der Waals surface area contributed by atoms with Gasteiger partial charge in [-0.1, -0.05) is 26.8 Å². The number of imidazole rings is 1. The first-order chi connectivity index (χ1) is 9.87. The molecule has 0 aliphatic carbocycles. The Bertz CT molecular complexity index is 542. The van der Waals surface area contributed by atoms with Gasteiger partial charge in [-0.25, -0.2) is 4.98 Å². The molecule has 0 radical (unpaired) electrons. The largest absolute Gasteiger partial charge is 0.392 e. The quantitative estimate of drug-likeness (QED) is 0.862. The highest BCUT2D eigenvalue weighted by atomic mass is 32.1. The van der Waals surface area contributed by atoms with Crippen LogP contribution in [0.5, 0.6) is 0 Å². The lowest BCUT2D eigenvalue weighted by Crippen LogP contribution is -2.34. The van der Waals surface area contributed by atoms with Crippen LogP contribution in [0.3, 0.4) is 0 Å². The van der Waals surface area contributed by atoms with E-state index in [-0.39, 0.29) is 17.6 Å². The fourth-order valence-electron chi connectivity index (χ4n) is 2.46. The smallest absolute Gasteiger partial charge is 0.131 e. The number of aryl methyl sites for hydroxylation is 1. The highest BCUT2D eigenvalue weighted by Crippen LogP contribution is 2.25. The van der Waals surface area contributed by atoms with Crippen LogP contribution in [0.15, 0.2) is 29.9 Å². The maximum Gasteiger partial charge on any atom is 0.131 e. The molecule has 0 fully saturated rings. The summed E-state index contributed by atoms with van der Waals surface area (Å²) in [5.41, 5.74) is 0.128. The number of hydrogen-bond donors (Lipinski definition) is 2. The molecule has 0 aromatic carbocycles. The van der Waals surface area contributed by atoms with Gasteiger partial charge < -0.3 is 15.0 Å². The standard InChI is InChI=1S/C16H25N3OS/c1-16(2,3)10-12(20)11-18-14(13-6-5-9-21-13)15-17-7-8-19(15)4/h5-9,12,14,18,20H,10-11H2,1-4H3. The minimum absolute atomic E-state index is 0.0274. The molecule has 21 heavy (non-hydrogen) atoms. The molecule has 0 aliphatic heterocycles. The van der Waals surface area contributed by atoms with Crippen LogP contribution in [0.4, 0.5) is 0 Å². The first-order valence-corrected chi connectivity index (χ1v) is 8.17. The van der Waals surface area contributed by atoms with Crippen molar-refractivity contribution in [2.24, 2.45) is 12.5 Å². The maximum atomic E-state index is 10.2. The number of aromatic nitrogens is 2. The van der Waals surface area contributed by atoms with Gasteiger partial charge in [-0.3, -0.25) is 0 Å². The minimum atomic E-state index is -0.354. The second-order valence-electron chi connectivity index (χ2n) is 6.67. The number of nitrogens with zero attached hydrogens (tertiary/aromatic N) is 2. The van der Waals surface area contributed by atoms with E-state index in [1.54, 1.807) is 11.3 Å². The number of nitrogens with one attached hydrogen (secondary N) is 1. The first-order valence-electron chi connectivity index (χ1n) is 7.29. The van der Waals surface area contributed by atoms with Crippen LogP contribution >= 0.6 is 11.3 Å². The van der Waals surface area contributed by atoms with Gasteiger partial charge >= 0.3 is 0 Å². The van der Waals surface area contributed by atoms with Crippen LogP contribution < -0.4 is 5.32 Å². The Morgan fingerprint density at radius 2 is 2.19 bits per heavy atom. The SMILES string of the molecule is Cn1ccnc1C(NCC(O)CC(C)(C)C)c1cccs1. The van der Waals surface area contributed by atoms with E-state index in [0.717, 1.165) is 12.2 Å². The lowest BCUT2D eigenvalue weighted by Gasteiger charge is -2.24. The summed E-state index contributed by atoms with van der Waals surface area (Å²) in [6.07, 6.45) is 4.18. The van der Waals surface area contributed by atoms with E-state index in [1.807, 2.05) is 30.1 Å². The molecule has 2 aromatic rings. The van der Waals surface area contributed by atoms with Gasteiger partial charge in [-0.2, -0.15) is 0 Å². The number of hydrogen-bond acceptors (Lipinski definition) is 4. The van der Waals surface area contributed by atoms with E-state index in [4.69, 9.17) is 0 Å². The topological polar surface area (TPSA) is 50.1 Å². The van der Waals surface area contributed by atoms with E-state index in [0.29, 0.717) is 6.54 Å². The highest BCUT2D eigenvalue weighted by Gasteiger charge is 2.22. The van der Waals surface area contributed by atoms with Crippen molar-refractivity contribution in [1.82, 2.24) is 14.9 Å². The van der Waals surface area contributed by atoms with Crippen molar-refractivity contribution in [2.75, 3.05) is 6.54 Å². The second-order valence-corrected chi connectivity index (χ2v) is 7.65. The highest BCUT2D eigenvalue weighted by molar-refractivity contribution is 7.10. The molecule has 0 saturated heterocycles. The monoisotopic (exact) mass is 307 g/mol. The summed E-state index contributed by atoms with van der Waals surface area (Å²) in [6, 6.07) is 4.18. The van der Waals surface area contributed by atoms with Crippen LogP contribution in [-0.2, 0) is 7.05 Å². The summed E-state index contributed by atoms with van der Waals surface area (Å²) in [7, 11) is 2.00. The molecular weight excluding hydrogens is 282 g/mol. The molecule has 2 atom stereocenters. The molecule has 0 spiro atoms. The van der Waals surface area contributed by atoms with Gasteiger partial charge in [-0.05, 0) is 23.3 Å². The van der Waals surface area contributed by atoms with Crippen LogP contribution in [-0.4, -0.2) is 27.3 Å². The van der Waals surface area contributed by atoms with Crippen LogP contribution in [0.2, 0.25) is 0 Å². The lowest BCUT2D eigenvalue weighted by molar-refractivity contribution is 0.117. The summed E-state index contributed by atoms with van der Waals surface area (Å²) in [6.45, 7) is 7.00. The molecular formula is C16H25N3OS. The number of aliphatic hydroxyl groups is 1. The summed E-state index contributed by atoms with van der Waals surface area (Å²) >= 11 is 1.71. The molecule has 0 bridgehead atoms. The Morgan fingerprint density at radius 1 is 1.43 bits per heavy atom. The van der Waals surface area contributed by atoms with Crippen molar-refractivity contribution in [3.63, 3.8) is 0 Å². The van der Waals surface area contributed by atoms with E-state index in [9.17, 15) is 5.11 Å². The van der Waals surface area contributed by atoms with Gasteiger partial charge in [0.1, 0.15) is 11.9 Å². The van der Waals surface area contributed by atoms with E-state index in [2.05, 4.69) is 42.5 Å². The molecule has 2 unspecified atom stereocenters. The Labute approximate surface area is 130 Å².